The molecule has 0 spiro atoms. The Hall–Kier alpha value is -2.59. The Morgan fingerprint density at radius 2 is 1.77 bits per heavy atom. The van der Waals surface area contributed by atoms with Crippen molar-refractivity contribution in [2.45, 2.75) is 13.0 Å². The minimum absolute atomic E-state index is 0.0431. The van der Waals surface area contributed by atoms with Gasteiger partial charge >= 0.3 is 0 Å². The average molecular weight is 295 g/mol. The highest BCUT2D eigenvalue weighted by Gasteiger charge is 2.06. The quantitative estimate of drug-likeness (QED) is 0.756. The summed E-state index contributed by atoms with van der Waals surface area (Å²) in [5, 5.41) is 8.99. The second-order valence-electron chi connectivity index (χ2n) is 4.91. The molecule has 0 saturated carbocycles. The third-order valence-corrected chi connectivity index (χ3v) is 3.31. The van der Waals surface area contributed by atoms with Gasteiger partial charge in [0.15, 0.2) is 0 Å². The van der Waals surface area contributed by atoms with Gasteiger partial charge in [0.2, 0.25) is 5.89 Å². The van der Waals surface area contributed by atoms with Crippen LogP contribution in [0.4, 0.5) is 0 Å². The number of hydrogen-bond acceptors (Lipinski definition) is 4. The van der Waals surface area contributed by atoms with Gasteiger partial charge in [0.1, 0.15) is 12.0 Å². The summed E-state index contributed by atoms with van der Waals surface area (Å²) in [4.78, 5) is 4.46. The lowest BCUT2D eigenvalue weighted by Crippen LogP contribution is -2.01. The highest BCUT2D eigenvalue weighted by molar-refractivity contribution is 5.52. The standard InChI is InChI=1S/C18H17NO3/c20-12-14-6-8-17(9-7-14)21-11-10-16-13-22-18(19-16)15-4-2-1-3-5-15/h1-9,13,20H,10-12H2. The summed E-state index contributed by atoms with van der Waals surface area (Å²) in [5.74, 6) is 1.41. The van der Waals surface area contributed by atoms with E-state index >= 15 is 0 Å². The summed E-state index contributed by atoms with van der Waals surface area (Å²) < 4.78 is 11.2. The first kappa shape index (κ1) is 14.4. The minimum Gasteiger partial charge on any atom is -0.493 e. The maximum Gasteiger partial charge on any atom is 0.226 e. The minimum atomic E-state index is 0.0431. The van der Waals surface area contributed by atoms with E-state index in [1.807, 2.05) is 54.6 Å². The van der Waals surface area contributed by atoms with Gasteiger partial charge in [-0.3, -0.25) is 0 Å². The summed E-state index contributed by atoms with van der Waals surface area (Å²) in [6.07, 6.45) is 2.35. The van der Waals surface area contributed by atoms with Gasteiger partial charge < -0.3 is 14.3 Å². The first-order valence-corrected chi connectivity index (χ1v) is 7.17. The molecule has 0 unspecified atom stereocenters. The van der Waals surface area contributed by atoms with Gasteiger partial charge in [-0.15, -0.1) is 0 Å². The van der Waals surface area contributed by atoms with E-state index in [9.17, 15) is 0 Å². The third-order valence-electron chi connectivity index (χ3n) is 3.31. The van der Waals surface area contributed by atoms with Gasteiger partial charge in [0, 0.05) is 12.0 Å². The highest BCUT2D eigenvalue weighted by Crippen LogP contribution is 2.18. The molecule has 1 N–H and O–H groups in total. The molecule has 0 saturated heterocycles. The van der Waals surface area contributed by atoms with Gasteiger partial charge in [-0.1, -0.05) is 30.3 Å². The number of ether oxygens (including phenoxy) is 1. The van der Waals surface area contributed by atoms with E-state index in [2.05, 4.69) is 4.98 Å². The van der Waals surface area contributed by atoms with Crippen LogP contribution in [0.2, 0.25) is 0 Å². The van der Waals surface area contributed by atoms with Crippen LogP contribution in [0.3, 0.4) is 0 Å². The number of aromatic nitrogens is 1. The molecule has 1 heterocycles. The number of rotatable bonds is 6. The smallest absolute Gasteiger partial charge is 0.226 e. The van der Waals surface area contributed by atoms with E-state index in [0.29, 0.717) is 18.9 Å². The van der Waals surface area contributed by atoms with Crippen molar-refractivity contribution in [2.75, 3.05) is 6.61 Å². The second-order valence-corrected chi connectivity index (χ2v) is 4.91. The molecule has 0 radical (unpaired) electrons. The molecule has 0 aliphatic carbocycles. The van der Waals surface area contributed by atoms with Crippen LogP contribution in [-0.2, 0) is 13.0 Å². The molecule has 3 aromatic rings. The lowest BCUT2D eigenvalue weighted by molar-refractivity contribution is 0.281. The molecular weight excluding hydrogens is 278 g/mol. The van der Waals surface area contributed by atoms with Gasteiger partial charge in [-0.25, -0.2) is 4.98 Å². The third kappa shape index (κ3) is 3.54. The fourth-order valence-electron chi connectivity index (χ4n) is 2.10. The van der Waals surface area contributed by atoms with Crippen LogP contribution < -0.4 is 4.74 Å². The second kappa shape index (κ2) is 6.91. The van der Waals surface area contributed by atoms with Crippen molar-refractivity contribution >= 4 is 0 Å². The molecule has 3 rings (SSSR count). The van der Waals surface area contributed by atoms with E-state index < -0.39 is 0 Å². The molecule has 2 aromatic carbocycles. The number of hydrogen-bond donors (Lipinski definition) is 1. The van der Waals surface area contributed by atoms with Crippen LogP contribution in [0.1, 0.15) is 11.3 Å². The van der Waals surface area contributed by atoms with Crippen molar-refractivity contribution in [3.63, 3.8) is 0 Å². The summed E-state index contributed by atoms with van der Waals surface area (Å²) in [5.41, 5.74) is 2.71. The van der Waals surface area contributed by atoms with Crippen LogP contribution in [0, 0.1) is 0 Å². The first-order chi connectivity index (χ1) is 10.8. The van der Waals surface area contributed by atoms with E-state index in [-0.39, 0.29) is 6.61 Å². The van der Waals surface area contributed by atoms with E-state index in [4.69, 9.17) is 14.3 Å². The zero-order valence-electron chi connectivity index (χ0n) is 12.1. The molecule has 0 atom stereocenters. The predicted molar refractivity (Wildman–Crippen MR) is 83.5 cm³/mol. The van der Waals surface area contributed by atoms with Crippen LogP contribution in [-0.4, -0.2) is 16.7 Å². The fourth-order valence-corrected chi connectivity index (χ4v) is 2.10. The molecule has 1 aromatic heterocycles. The largest absolute Gasteiger partial charge is 0.493 e. The molecule has 112 valence electrons. The Kier molecular flexibility index (Phi) is 4.51. The van der Waals surface area contributed by atoms with Gasteiger partial charge in [0.05, 0.1) is 18.9 Å². The van der Waals surface area contributed by atoms with Gasteiger partial charge in [0.25, 0.3) is 0 Å². The molecule has 0 amide bonds. The normalized spacial score (nSPS) is 10.6. The zero-order chi connectivity index (χ0) is 15.2. The molecule has 0 aliphatic heterocycles. The zero-order valence-corrected chi connectivity index (χ0v) is 12.1. The van der Waals surface area contributed by atoms with Crippen LogP contribution in [0.25, 0.3) is 11.5 Å². The van der Waals surface area contributed by atoms with Crippen molar-refractivity contribution in [2.24, 2.45) is 0 Å². The van der Waals surface area contributed by atoms with Crippen molar-refractivity contribution in [1.29, 1.82) is 0 Å². The Morgan fingerprint density at radius 1 is 1.00 bits per heavy atom. The van der Waals surface area contributed by atoms with Gasteiger partial charge in [-0.2, -0.15) is 0 Å². The number of aliphatic hydroxyl groups is 1. The lowest BCUT2D eigenvalue weighted by Gasteiger charge is -2.05. The molecule has 0 aliphatic rings. The number of aliphatic hydroxyl groups excluding tert-OH is 1. The Balaban J connectivity index is 1.54. The fraction of sp³-hybridized carbons (Fsp3) is 0.167. The Labute approximate surface area is 129 Å². The summed E-state index contributed by atoms with van der Waals surface area (Å²) in [7, 11) is 0. The van der Waals surface area contributed by atoms with Crippen molar-refractivity contribution in [3.05, 3.63) is 72.1 Å². The molecule has 4 heteroatoms. The summed E-state index contributed by atoms with van der Waals surface area (Å²) >= 11 is 0. The number of benzene rings is 2. The maximum atomic E-state index is 8.99. The maximum absolute atomic E-state index is 8.99. The van der Waals surface area contributed by atoms with E-state index in [1.165, 1.54) is 0 Å². The Bertz CT molecular complexity index is 705. The highest BCUT2D eigenvalue weighted by atomic mass is 16.5. The monoisotopic (exact) mass is 295 g/mol. The van der Waals surface area contributed by atoms with E-state index in [1.54, 1.807) is 6.26 Å². The molecular formula is C18H17NO3. The van der Waals surface area contributed by atoms with Crippen molar-refractivity contribution in [3.8, 4) is 17.2 Å². The molecule has 22 heavy (non-hydrogen) atoms. The molecule has 0 fully saturated rings. The predicted octanol–water partition coefficient (Wildman–Crippen LogP) is 3.46. The summed E-state index contributed by atoms with van der Waals surface area (Å²) in [6, 6.07) is 17.2. The summed E-state index contributed by atoms with van der Waals surface area (Å²) in [6.45, 7) is 0.570. The van der Waals surface area contributed by atoms with Crippen LogP contribution in [0.5, 0.6) is 5.75 Å². The lowest BCUT2D eigenvalue weighted by atomic mass is 10.2. The SMILES string of the molecule is OCc1ccc(OCCc2coc(-c3ccccc3)n2)cc1. The van der Waals surface area contributed by atoms with Crippen LogP contribution >= 0.6 is 0 Å². The molecule has 0 bridgehead atoms. The molecule has 4 nitrogen and oxygen atoms in total. The van der Waals surface area contributed by atoms with Gasteiger partial charge in [-0.05, 0) is 29.8 Å². The van der Waals surface area contributed by atoms with E-state index in [0.717, 1.165) is 22.6 Å². The topological polar surface area (TPSA) is 55.5 Å². The number of oxazole rings is 1. The average Bonchev–Trinajstić information content (AvgIpc) is 3.05. The first-order valence-electron chi connectivity index (χ1n) is 7.17. The van der Waals surface area contributed by atoms with Crippen molar-refractivity contribution in [1.82, 2.24) is 4.98 Å². The van der Waals surface area contributed by atoms with Crippen LogP contribution in [0.15, 0.2) is 65.3 Å². The number of nitrogens with zero attached hydrogens (tertiary/aromatic N) is 1. The van der Waals surface area contributed by atoms with Crippen molar-refractivity contribution < 1.29 is 14.3 Å². The Morgan fingerprint density at radius 3 is 2.50 bits per heavy atom.